The first kappa shape index (κ1) is 7.88. The molecule has 0 saturated carbocycles. The van der Waals surface area contributed by atoms with Crippen LogP contribution >= 0.6 is 0 Å². The summed E-state index contributed by atoms with van der Waals surface area (Å²) in [4.78, 5) is 0. The van der Waals surface area contributed by atoms with Gasteiger partial charge < -0.3 is 4.74 Å². The summed E-state index contributed by atoms with van der Waals surface area (Å²) in [6.07, 6.45) is 0. The fourth-order valence-electron chi connectivity index (χ4n) is 0.340. The number of hydrazine groups is 1. The number of hydrogen-bond donors (Lipinski definition) is 1. The summed E-state index contributed by atoms with van der Waals surface area (Å²) < 4.78 is 4.83. The van der Waals surface area contributed by atoms with Gasteiger partial charge in [0.05, 0.1) is 6.61 Å². The highest BCUT2D eigenvalue weighted by Gasteiger charge is 1.88. The maximum absolute atomic E-state index is 4.83. The standard InChI is InChI=1S/C5H14N2O/c1-6-7(2)4-5-8-3/h6H,4-5H2,1-3H3. The van der Waals surface area contributed by atoms with Gasteiger partial charge in [0.15, 0.2) is 0 Å². The topological polar surface area (TPSA) is 24.5 Å². The van der Waals surface area contributed by atoms with Gasteiger partial charge in [0.25, 0.3) is 0 Å². The molecule has 3 heteroatoms. The van der Waals surface area contributed by atoms with Gasteiger partial charge >= 0.3 is 0 Å². The van der Waals surface area contributed by atoms with Crippen LogP contribution in [-0.2, 0) is 4.74 Å². The Hall–Kier alpha value is -0.120. The van der Waals surface area contributed by atoms with E-state index in [9.17, 15) is 0 Å². The summed E-state index contributed by atoms with van der Waals surface area (Å²) in [6, 6.07) is 0. The highest BCUT2D eigenvalue weighted by Crippen LogP contribution is 1.71. The molecular weight excluding hydrogens is 104 g/mol. The van der Waals surface area contributed by atoms with Crippen molar-refractivity contribution >= 4 is 0 Å². The zero-order chi connectivity index (χ0) is 6.41. The lowest BCUT2D eigenvalue weighted by Crippen LogP contribution is -2.33. The van der Waals surface area contributed by atoms with Crippen molar-refractivity contribution in [3.63, 3.8) is 0 Å². The van der Waals surface area contributed by atoms with Gasteiger partial charge in [0.1, 0.15) is 0 Å². The average Bonchev–Trinajstić information content (AvgIpc) is 1.83. The van der Waals surface area contributed by atoms with Gasteiger partial charge in [-0.15, -0.1) is 0 Å². The molecule has 0 atom stereocenters. The number of hydrogen-bond acceptors (Lipinski definition) is 3. The SMILES string of the molecule is CNN(C)CCOC. The molecule has 0 amide bonds. The van der Waals surface area contributed by atoms with E-state index in [1.807, 2.05) is 19.1 Å². The van der Waals surface area contributed by atoms with E-state index in [0.29, 0.717) is 0 Å². The molecule has 8 heavy (non-hydrogen) atoms. The Kier molecular flexibility index (Phi) is 4.95. The van der Waals surface area contributed by atoms with Crippen LogP contribution in [0.5, 0.6) is 0 Å². The van der Waals surface area contributed by atoms with E-state index in [-0.39, 0.29) is 0 Å². The second-order valence-electron chi connectivity index (χ2n) is 1.64. The Morgan fingerprint density at radius 3 is 2.62 bits per heavy atom. The highest BCUT2D eigenvalue weighted by molar-refractivity contribution is 4.36. The lowest BCUT2D eigenvalue weighted by molar-refractivity contribution is 0.141. The smallest absolute Gasteiger partial charge is 0.0603 e. The molecule has 0 aliphatic carbocycles. The summed E-state index contributed by atoms with van der Waals surface area (Å²) in [5.74, 6) is 0. The van der Waals surface area contributed by atoms with Gasteiger partial charge in [0, 0.05) is 20.7 Å². The van der Waals surface area contributed by atoms with Crippen LogP contribution in [0.2, 0.25) is 0 Å². The fraction of sp³-hybridized carbons (Fsp3) is 1.00. The van der Waals surface area contributed by atoms with Crippen LogP contribution in [0.3, 0.4) is 0 Å². The summed E-state index contributed by atoms with van der Waals surface area (Å²) in [5, 5.41) is 1.96. The molecular formula is C5H14N2O. The van der Waals surface area contributed by atoms with Crippen LogP contribution in [0.15, 0.2) is 0 Å². The van der Waals surface area contributed by atoms with Crippen LogP contribution in [0.1, 0.15) is 0 Å². The lowest BCUT2D eigenvalue weighted by atomic mass is 10.7. The first-order chi connectivity index (χ1) is 3.81. The van der Waals surface area contributed by atoms with Crippen molar-refractivity contribution in [2.75, 3.05) is 34.4 Å². The van der Waals surface area contributed by atoms with E-state index < -0.39 is 0 Å². The maximum Gasteiger partial charge on any atom is 0.0603 e. The van der Waals surface area contributed by atoms with Crippen LogP contribution < -0.4 is 5.43 Å². The van der Waals surface area contributed by atoms with E-state index in [2.05, 4.69) is 5.43 Å². The van der Waals surface area contributed by atoms with Crippen molar-refractivity contribution in [3.8, 4) is 0 Å². The molecule has 0 spiro atoms. The number of nitrogens with zero attached hydrogens (tertiary/aromatic N) is 1. The summed E-state index contributed by atoms with van der Waals surface area (Å²) in [7, 11) is 5.55. The van der Waals surface area contributed by atoms with Crippen molar-refractivity contribution in [2.45, 2.75) is 0 Å². The molecule has 0 aliphatic heterocycles. The molecule has 0 fully saturated rings. The molecule has 0 unspecified atom stereocenters. The molecule has 0 aromatic carbocycles. The van der Waals surface area contributed by atoms with Crippen LogP contribution in [0, 0.1) is 0 Å². The second-order valence-corrected chi connectivity index (χ2v) is 1.64. The third kappa shape index (κ3) is 4.05. The monoisotopic (exact) mass is 118 g/mol. The number of nitrogens with one attached hydrogen (secondary N) is 1. The second kappa shape index (κ2) is 5.03. The first-order valence-electron chi connectivity index (χ1n) is 2.68. The van der Waals surface area contributed by atoms with Crippen LogP contribution in [0.4, 0.5) is 0 Å². The first-order valence-corrected chi connectivity index (χ1v) is 2.68. The summed E-state index contributed by atoms with van der Waals surface area (Å²) in [5.41, 5.74) is 2.95. The highest BCUT2D eigenvalue weighted by atomic mass is 16.5. The van der Waals surface area contributed by atoms with Crippen molar-refractivity contribution in [3.05, 3.63) is 0 Å². The normalized spacial score (nSPS) is 10.5. The van der Waals surface area contributed by atoms with Gasteiger partial charge in [0.2, 0.25) is 0 Å². The molecule has 0 rings (SSSR count). The minimum Gasteiger partial charge on any atom is -0.383 e. The fourth-order valence-corrected chi connectivity index (χ4v) is 0.340. The van der Waals surface area contributed by atoms with Crippen molar-refractivity contribution in [1.82, 2.24) is 10.4 Å². The molecule has 0 bridgehead atoms. The maximum atomic E-state index is 4.83. The molecule has 0 aromatic rings. The zero-order valence-corrected chi connectivity index (χ0v) is 5.77. The Morgan fingerprint density at radius 2 is 2.25 bits per heavy atom. The van der Waals surface area contributed by atoms with E-state index in [1.54, 1.807) is 7.11 Å². The molecule has 0 aromatic heterocycles. The van der Waals surface area contributed by atoms with Gasteiger partial charge in [-0.2, -0.15) is 0 Å². The number of rotatable bonds is 4. The van der Waals surface area contributed by atoms with E-state index in [0.717, 1.165) is 13.2 Å². The zero-order valence-electron chi connectivity index (χ0n) is 5.77. The molecule has 50 valence electrons. The Morgan fingerprint density at radius 1 is 1.62 bits per heavy atom. The third-order valence-corrected chi connectivity index (χ3v) is 1.01. The van der Waals surface area contributed by atoms with Gasteiger partial charge in [-0.05, 0) is 7.05 Å². The number of likely N-dealkylation sites (N-methyl/N-ethyl adjacent to an activating group) is 1. The summed E-state index contributed by atoms with van der Waals surface area (Å²) >= 11 is 0. The van der Waals surface area contributed by atoms with Crippen LogP contribution in [-0.4, -0.2) is 39.4 Å². The third-order valence-electron chi connectivity index (χ3n) is 1.01. The minimum absolute atomic E-state index is 0.775. The van der Waals surface area contributed by atoms with Crippen molar-refractivity contribution in [1.29, 1.82) is 0 Å². The van der Waals surface area contributed by atoms with Crippen molar-refractivity contribution < 1.29 is 4.74 Å². The quantitative estimate of drug-likeness (QED) is 0.513. The lowest BCUT2D eigenvalue weighted by Gasteiger charge is -2.12. The predicted molar refractivity (Wildman–Crippen MR) is 33.6 cm³/mol. The van der Waals surface area contributed by atoms with Gasteiger partial charge in [-0.1, -0.05) is 0 Å². The number of methoxy groups -OCH3 is 1. The summed E-state index contributed by atoms with van der Waals surface area (Å²) in [6.45, 7) is 1.70. The molecule has 0 heterocycles. The van der Waals surface area contributed by atoms with Gasteiger partial charge in [-0.3, -0.25) is 5.43 Å². The Bertz CT molecular complexity index is 49.7. The molecule has 1 N–H and O–H groups in total. The molecule has 0 radical (unpaired) electrons. The van der Waals surface area contributed by atoms with E-state index in [4.69, 9.17) is 4.74 Å². The molecule has 3 nitrogen and oxygen atoms in total. The van der Waals surface area contributed by atoms with Crippen LogP contribution in [0.25, 0.3) is 0 Å². The van der Waals surface area contributed by atoms with Gasteiger partial charge in [-0.25, -0.2) is 5.01 Å². The Balaban J connectivity index is 2.86. The molecule has 0 saturated heterocycles. The average molecular weight is 118 g/mol. The minimum atomic E-state index is 0.775. The largest absolute Gasteiger partial charge is 0.383 e. The van der Waals surface area contributed by atoms with E-state index >= 15 is 0 Å². The van der Waals surface area contributed by atoms with Crippen molar-refractivity contribution in [2.24, 2.45) is 0 Å². The molecule has 0 aliphatic rings. The number of ether oxygens (including phenoxy) is 1. The predicted octanol–water partition coefficient (Wildman–Crippen LogP) is -0.301. The van der Waals surface area contributed by atoms with E-state index in [1.165, 1.54) is 0 Å². The Labute approximate surface area is 50.6 Å².